The highest BCUT2D eigenvalue weighted by Gasteiger charge is 2.11. The number of fused-ring (bicyclic) bond motifs is 1. The first kappa shape index (κ1) is 16.2. The number of hydrogen-bond donors (Lipinski definition) is 0. The molecule has 0 fully saturated rings. The molecule has 0 heterocycles. The molecule has 0 spiro atoms. The number of ketones is 1. The molecule has 112 valence electrons. The predicted molar refractivity (Wildman–Crippen MR) is 94.0 cm³/mol. The van der Waals surface area contributed by atoms with Crippen molar-refractivity contribution < 1.29 is 4.79 Å². The monoisotopic (exact) mass is 346 g/mol. The topological polar surface area (TPSA) is 17.1 Å². The van der Waals surface area contributed by atoms with Gasteiger partial charge in [0.2, 0.25) is 0 Å². The highest BCUT2D eigenvalue weighted by atomic mass is 79.9. The lowest BCUT2D eigenvalue weighted by Crippen LogP contribution is -2.00. The predicted octanol–water partition coefficient (Wildman–Crippen LogP) is 6.54. The Morgan fingerprint density at radius 1 is 0.905 bits per heavy atom. The van der Waals surface area contributed by atoms with Gasteiger partial charge in [0.1, 0.15) is 0 Å². The molecule has 2 heteroatoms. The van der Waals surface area contributed by atoms with Crippen molar-refractivity contribution in [1.82, 2.24) is 0 Å². The second kappa shape index (κ2) is 8.33. The summed E-state index contributed by atoms with van der Waals surface area (Å²) in [4.78, 5) is 12.4. The highest BCUT2D eigenvalue weighted by molar-refractivity contribution is 9.10. The second-order valence-corrected chi connectivity index (χ2v) is 6.44. The molecule has 0 unspecified atom stereocenters. The number of carbonyl (C=O) groups excluding carboxylic acids is 1. The van der Waals surface area contributed by atoms with E-state index in [0.29, 0.717) is 6.42 Å². The van der Waals surface area contributed by atoms with Gasteiger partial charge >= 0.3 is 0 Å². The van der Waals surface area contributed by atoms with Crippen molar-refractivity contribution in [3.63, 3.8) is 0 Å². The van der Waals surface area contributed by atoms with Crippen LogP contribution in [0.2, 0.25) is 0 Å². The fourth-order valence-corrected chi connectivity index (χ4v) is 3.18. The minimum atomic E-state index is 0.272. The van der Waals surface area contributed by atoms with E-state index in [1.54, 1.807) is 0 Å². The van der Waals surface area contributed by atoms with Crippen LogP contribution in [0.15, 0.2) is 40.9 Å². The average Bonchev–Trinajstić information content (AvgIpc) is 2.51. The van der Waals surface area contributed by atoms with E-state index in [-0.39, 0.29) is 5.78 Å². The summed E-state index contributed by atoms with van der Waals surface area (Å²) in [5.41, 5.74) is 0.863. The summed E-state index contributed by atoms with van der Waals surface area (Å²) in [5.74, 6) is 0.272. The molecule has 0 atom stereocenters. The maximum absolute atomic E-state index is 12.4. The standard InChI is InChI=1S/C19H23BrO/c1-2-3-4-5-6-7-12-19(21)17-13-14-18(20)16-11-9-8-10-15(16)17/h8-11,13-14H,2-7,12H2,1H3. The number of halogens is 1. The van der Waals surface area contributed by atoms with Crippen LogP contribution in [-0.4, -0.2) is 5.78 Å². The van der Waals surface area contributed by atoms with Gasteiger partial charge in [-0.1, -0.05) is 79.2 Å². The molecular weight excluding hydrogens is 324 g/mol. The number of unbranched alkanes of at least 4 members (excludes halogenated alkanes) is 5. The van der Waals surface area contributed by atoms with Gasteiger partial charge in [0.25, 0.3) is 0 Å². The fourth-order valence-electron chi connectivity index (χ4n) is 2.71. The zero-order valence-electron chi connectivity index (χ0n) is 12.7. The third-order valence-electron chi connectivity index (χ3n) is 3.93. The van der Waals surface area contributed by atoms with Crippen molar-refractivity contribution >= 4 is 32.5 Å². The molecule has 0 saturated carbocycles. The maximum Gasteiger partial charge on any atom is 0.163 e. The Balaban J connectivity index is 1.98. The van der Waals surface area contributed by atoms with Crippen LogP contribution in [0.1, 0.15) is 62.2 Å². The van der Waals surface area contributed by atoms with Gasteiger partial charge in [-0.25, -0.2) is 0 Å². The molecule has 2 aromatic carbocycles. The summed E-state index contributed by atoms with van der Waals surface area (Å²) in [7, 11) is 0. The third kappa shape index (κ3) is 4.41. The minimum Gasteiger partial charge on any atom is -0.294 e. The molecule has 0 saturated heterocycles. The van der Waals surface area contributed by atoms with Crippen molar-refractivity contribution in [3.05, 3.63) is 46.4 Å². The van der Waals surface area contributed by atoms with E-state index < -0.39 is 0 Å². The lowest BCUT2D eigenvalue weighted by atomic mass is 9.98. The van der Waals surface area contributed by atoms with Crippen LogP contribution in [0, 0.1) is 0 Å². The van der Waals surface area contributed by atoms with Gasteiger partial charge in [-0.2, -0.15) is 0 Å². The quantitative estimate of drug-likeness (QED) is 0.392. The Kier molecular flexibility index (Phi) is 6.44. The first-order valence-electron chi connectivity index (χ1n) is 7.94. The minimum absolute atomic E-state index is 0.272. The van der Waals surface area contributed by atoms with E-state index in [4.69, 9.17) is 0 Å². The van der Waals surface area contributed by atoms with Crippen molar-refractivity contribution in [2.45, 2.75) is 51.9 Å². The smallest absolute Gasteiger partial charge is 0.163 e. The Hall–Kier alpha value is -1.15. The molecule has 0 radical (unpaired) electrons. The van der Waals surface area contributed by atoms with Crippen LogP contribution in [0.5, 0.6) is 0 Å². The Bertz CT molecular complexity index is 604. The molecule has 2 aromatic rings. The zero-order valence-corrected chi connectivity index (χ0v) is 14.3. The molecule has 2 rings (SSSR count). The Labute approximate surface area is 135 Å². The van der Waals surface area contributed by atoms with Crippen molar-refractivity contribution in [2.24, 2.45) is 0 Å². The molecule has 1 nitrogen and oxygen atoms in total. The lowest BCUT2D eigenvalue weighted by molar-refractivity contribution is 0.0980. The van der Waals surface area contributed by atoms with Gasteiger partial charge in [0.05, 0.1) is 0 Å². The van der Waals surface area contributed by atoms with E-state index in [0.717, 1.165) is 27.2 Å². The van der Waals surface area contributed by atoms with Gasteiger partial charge in [0.15, 0.2) is 5.78 Å². The highest BCUT2D eigenvalue weighted by Crippen LogP contribution is 2.27. The zero-order chi connectivity index (χ0) is 15.1. The molecule has 0 aliphatic rings. The Morgan fingerprint density at radius 3 is 2.33 bits per heavy atom. The molecule has 0 N–H and O–H groups in total. The van der Waals surface area contributed by atoms with E-state index in [2.05, 4.69) is 28.9 Å². The van der Waals surface area contributed by atoms with Gasteiger partial charge < -0.3 is 0 Å². The van der Waals surface area contributed by atoms with Crippen molar-refractivity contribution in [1.29, 1.82) is 0 Å². The van der Waals surface area contributed by atoms with Crippen LogP contribution in [0.3, 0.4) is 0 Å². The molecule has 21 heavy (non-hydrogen) atoms. The van der Waals surface area contributed by atoms with Gasteiger partial charge in [0, 0.05) is 16.5 Å². The Morgan fingerprint density at radius 2 is 1.57 bits per heavy atom. The van der Waals surface area contributed by atoms with E-state index in [1.807, 2.05) is 30.3 Å². The first-order valence-corrected chi connectivity index (χ1v) is 8.73. The molecule has 0 aliphatic heterocycles. The van der Waals surface area contributed by atoms with Gasteiger partial charge in [-0.05, 0) is 29.3 Å². The largest absolute Gasteiger partial charge is 0.294 e. The normalized spacial score (nSPS) is 11.0. The molecule has 0 bridgehead atoms. The molecule has 0 aromatic heterocycles. The summed E-state index contributed by atoms with van der Waals surface area (Å²) in [6.45, 7) is 2.22. The second-order valence-electron chi connectivity index (χ2n) is 5.58. The number of hydrogen-bond acceptors (Lipinski definition) is 1. The van der Waals surface area contributed by atoms with E-state index >= 15 is 0 Å². The molecular formula is C19H23BrO. The SMILES string of the molecule is CCCCCCCCC(=O)c1ccc(Br)c2ccccc12. The number of carbonyl (C=O) groups is 1. The molecule has 0 aliphatic carbocycles. The third-order valence-corrected chi connectivity index (χ3v) is 4.62. The maximum atomic E-state index is 12.4. The van der Waals surface area contributed by atoms with Crippen LogP contribution in [0.4, 0.5) is 0 Å². The van der Waals surface area contributed by atoms with E-state index in [9.17, 15) is 4.79 Å². The summed E-state index contributed by atoms with van der Waals surface area (Å²) in [6, 6.07) is 12.0. The van der Waals surface area contributed by atoms with Crippen LogP contribution in [0.25, 0.3) is 10.8 Å². The molecule has 0 amide bonds. The van der Waals surface area contributed by atoms with Crippen molar-refractivity contribution in [2.75, 3.05) is 0 Å². The number of benzene rings is 2. The van der Waals surface area contributed by atoms with Crippen LogP contribution >= 0.6 is 15.9 Å². The van der Waals surface area contributed by atoms with E-state index in [1.165, 1.54) is 32.1 Å². The lowest BCUT2D eigenvalue weighted by Gasteiger charge is -2.07. The average molecular weight is 347 g/mol. The van der Waals surface area contributed by atoms with Gasteiger partial charge in [-0.15, -0.1) is 0 Å². The van der Waals surface area contributed by atoms with Crippen LogP contribution in [-0.2, 0) is 0 Å². The number of Topliss-reactive ketones (excluding diaryl/α,β-unsaturated/α-hetero) is 1. The summed E-state index contributed by atoms with van der Waals surface area (Å²) >= 11 is 3.56. The fraction of sp³-hybridized carbons (Fsp3) is 0.421. The number of rotatable bonds is 8. The van der Waals surface area contributed by atoms with Crippen LogP contribution < -0.4 is 0 Å². The summed E-state index contributed by atoms with van der Waals surface area (Å²) in [6.07, 6.45) is 7.97. The summed E-state index contributed by atoms with van der Waals surface area (Å²) in [5, 5.41) is 2.18. The summed E-state index contributed by atoms with van der Waals surface area (Å²) < 4.78 is 1.05. The van der Waals surface area contributed by atoms with Gasteiger partial charge in [-0.3, -0.25) is 4.79 Å². The first-order chi connectivity index (χ1) is 10.2. The van der Waals surface area contributed by atoms with Crippen molar-refractivity contribution in [3.8, 4) is 0 Å².